The van der Waals surface area contributed by atoms with Gasteiger partial charge in [0.2, 0.25) is 6.04 Å². The fourth-order valence-corrected chi connectivity index (χ4v) is 2.77. The summed E-state index contributed by atoms with van der Waals surface area (Å²) in [5.74, 6) is -0.868. The van der Waals surface area contributed by atoms with Crippen LogP contribution >= 0.6 is 27.0 Å². The monoisotopic (exact) mass is 409 g/mol. The van der Waals surface area contributed by atoms with E-state index in [1.807, 2.05) is 54.6 Å². The molecule has 148 valence electrons. The molecule has 0 spiro atoms. The highest BCUT2D eigenvalue weighted by atomic mass is 32.1. The number of ether oxygens (including phenoxy) is 1. The van der Waals surface area contributed by atoms with Gasteiger partial charge in [0.05, 0.1) is 12.5 Å². The quantitative estimate of drug-likeness (QED) is 0.369. The Morgan fingerprint density at radius 2 is 1.59 bits per heavy atom. The van der Waals surface area contributed by atoms with Crippen LogP contribution in [0.1, 0.15) is 25.8 Å². The van der Waals surface area contributed by atoms with Crippen molar-refractivity contribution in [2.24, 2.45) is 5.92 Å². The van der Waals surface area contributed by atoms with Crippen LogP contribution in [0.5, 0.6) is 0 Å². The van der Waals surface area contributed by atoms with Crippen molar-refractivity contribution in [2.75, 3.05) is 6.61 Å². The number of nitro groups is 1. The molecule has 0 heterocycles. The summed E-state index contributed by atoms with van der Waals surface area (Å²) in [7, 11) is 0. The molecule has 7 heteroatoms. The maximum atomic E-state index is 11.7. The maximum absolute atomic E-state index is 11.7. The molecular formula is C20H27NO4S2. The first-order valence-corrected chi connectivity index (χ1v) is 8.45. The number of nitrogens with zero attached hydrogens (tertiary/aromatic N) is 1. The molecule has 0 unspecified atom stereocenters. The van der Waals surface area contributed by atoms with Crippen molar-refractivity contribution in [2.45, 2.75) is 32.7 Å². The number of esters is 1. The lowest BCUT2D eigenvalue weighted by atomic mass is 9.95. The zero-order valence-corrected chi connectivity index (χ0v) is 17.6. The summed E-state index contributed by atoms with van der Waals surface area (Å²) in [6.07, 6.45) is 0.470. The normalized spacial score (nSPS) is 12.1. The van der Waals surface area contributed by atoms with Gasteiger partial charge in [-0.25, -0.2) is 0 Å². The van der Waals surface area contributed by atoms with E-state index in [4.69, 9.17) is 4.74 Å². The van der Waals surface area contributed by atoms with Crippen LogP contribution in [-0.4, -0.2) is 23.5 Å². The fourth-order valence-electron chi connectivity index (χ4n) is 2.77. The van der Waals surface area contributed by atoms with E-state index in [9.17, 15) is 14.9 Å². The summed E-state index contributed by atoms with van der Waals surface area (Å²) in [4.78, 5) is 22.8. The third-order valence-corrected chi connectivity index (χ3v) is 4.15. The molecule has 0 bridgehead atoms. The molecule has 2 atom stereocenters. The SMILES string of the molecule is CCOC(=O)[C@@H](C)C[C@@H](Cc1ccc(-c2ccccc2)cc1)[N+](=O)[O-].S.S. The van der Waals surface area contributed by atoms with Gasteiger partial charge in [-0.05, 0) is 23.6 Å². The van der Waals surface area contributed by atoms with Gasteiger partial charge in [-0.1, -0.05) is 61.5 Å². The summed E-state index contributed by atoms with van der Waals surface area (Å²) in [5.41, 5.74) is 3.06. The van der Waals surface area contributed by atoms with Gasteiger partial charge in [-0.2, -0.15) is 27.0 Å². The molecule has 27 heavy (non-hydrogen) atoms. The molecule has 0 radical (unpaired) electrons. The summed E-state index contributed by atoms with van der Waals surface area (Å²) in [6, 6.07) is 16.9. The zero-order valence-electron chi connectivity index (χ0n) is 15.6. The molecule has 0 fully saturated rings. The largest absolute Gasteiger partial charge is 0.466 e. The minimum absolute atomic E-state index is 0. The highest BCUT2D eigenvalue weighted by molar-refractivity contribution is 7.59. The van der Waals surface area contributed by atoms with Gasteiger partial charge in [0.1, 0.15) is 0 Å². The van der Waals surface area contributed by atoms with Gasteiger partial charge in [0, 0.05) is 17.8 Å². The van der Waals surface area contributed by atoms with E-state index in [2.05, 4.69) is 0 Å². The first-order valence-electron chi connectivity index (χ1n) is 8.45. The van der Waals surface area contributed by atoms with Crippen LogP contribution in [0.15, 0.2) is 54.6 Å². The van der Waals surface area contributed by atoms with Gasteiger partial charge in [0.25, 0.3) is 0 Å². The number of hydrogen-bond acceptors (Lipinski definition) is 4. The summed E-state index contributed by atoms with van der Waals surface area (Å²) < 4.78 is 4.94. The Labute approximate surface area is 174 Å². The predicted octanol–water partition coefficient (Wildman–Crippen LogP) is 4.36. The van der Waals surface area contributed by atoms with Gasteiger partial charge in [-0.3, -0.25) is 14.9 Å². The molecule has 0 N–H and O–H groups in total. The Hall–Kier alpha value is -1.99. The van der Waals surface area contributed by atoms with E-state index in [-0.39, 0.29) is 50.9 Å². The Morgan fingerprint density at radius 3 is 2.11 bits per heavy atom. The van der Waals surface area contributed by atoms with Gasteiger partial charge >= 0.3 is 5.97 Å². The molecule has 2 rings (SSSR count). The highest BCUT2D eigenvalue weighted by Gasteiger charge is 2.27. The second kappa shape index (κ2) is 12.4. The summed E-state index contributed by atoms with van der Waals surface area (Å²) in [6.45, 7) is 3.68. The van der Waals surface area contributed by atoms with Crippen LogP contribution in [0.2, 0.25) is 0 Å². The lowest BCUT2D eigenvalue weighted by Gasteiger charge is -2.14. The molecule has 5 nitrogen and oxygen atoms in total. The van der Waals surface area contributed by atoms with E-state index in [1.54, 1.807) is 13.8 Å². The topological polar surface area (TPSA) is 69.4 Å². The van der Waals surface area contributed by atoms with Crippen LogP contribution in [0, 0.1) is 16.0 Å². The Morgan fingerprint density at radius 1 is 1.04 bits per heavy atom. The van der Waals surface area contributed by atoms with E-state index in [0.717, 1.165) is 16.7 Å². The Balaban J connectivity index is 0.00000338. The molecule has 0 aliphatic rings. The molecule has 2 aromatic rings. The summed E-state index contributed by atoms with van der Waals surface area (Å²) in [5, 5.41) is 11.4. The van der Waals surface area contributed by atoms with Crippen LogP contribution in [0.4, 0.5) is 0 Å². The zero-order chi connectivity index (χ0) is 18.2. The molecule has 2 aromatic carbocycles. The van der Waals surface area contributed by atoms with Gasteiger partial charge < -0.3 is 4.74 Å². The van der Waals surface area contributed by atoms with Gasteiger partial charge in [0.15, 0.2) is 0 Å². The standard InChI is InChI=1S/C20H23NO4.2H2S/c1-3-25-20(22)15(2)13-19(21(23)24)14-16-9-11-18(12-10-16)17-7-5-4-6-8-17;;/h4-12,15,19H,3,13-14H2,1-2H3;2*1H2/t15-,19-;;/m0../s1. The number of rotatable bonds is 8. The van der Waals surface area contributed by atoms with Crippen molar-refractivity contribution in [1.82, 2.24) is 0 Å². The number of carbonyl (C=O) groups excluding carboxylic acids is 1. The molecule has 0 aromatic heterocycles. The number of hydrogen-bond donors (Lipinski definition) is 0. The minimum Gasteiger partial charge on any atom is -0.466 e. The van der Waals surface area contributed by atoms with Crippen molar-refractivity contribution in [3.05, 3.63) is 70.3 Å². The third kappa shape index (κ3) is 7.64. The second-order valence-corrected chi connectivity index (χ2v) is 6.10. The molecule has 0 aliphatic carbocycles. The minimum atomic E-state index is -0.804. The maximum Gasteiger partial charge on any atom is 0.308 e. The molecule has 0 saturated carbocycles. The molecule has 0 saturated heterocycles. The van der Waals surface area contributed by atoms with Crippen molar-refractivity contribution in [3.63, 3.8) is 0 Å². The van der Waals surface area contributed by atoms with Crippen LogP contribution in [-0.2, 0) is 16.0 Å². The predicted molar refractivity (Wildman–Crippen MR) is 118 cm³/mol. The molecular weight excluding hydrogens is 382 g/mol. The van der Waals surface area contributed by atoms with Gasteiger partial charge in [-0.15, -0.1) is 0 Å². The smallest absolute Gasteiger partial charge is 0.308 e. The van der Waals surface area contributed by atoms with Crippen LogP contribution in [0.3, 0.4) is 0 Å². The lowest BCUT2D eigenvalue weighted by Crippen LogP contribution is -2.28. The second-order valence-electron chi connectivity index (χ2n) is 6.10. The Kier molecular flexibility index (Phi) is 11.5. The van der Waals surface area contributed by atoms with Crippen LogP contribution in [0.25, 0.3) is 11.1 Å². The average molecular weight is 410 g/mol. The molecule has 0 aliphatic heterocycles. The Bertz CT molecular complexity index is 708. The van der Waals surface area contributed by atoms with Crippen molar-refractivity contribution >= 4 is 33.0 Å². The number of carbonyl (C=O) groups is 1. The van der Waals surface area contributed by atoms with Crippen molar-refractivity contribution < 1.29 is 14.5 Å². The van der Waals surface area contributed by atoms with E-state index in [0.29, 0.717) is 6.42 Å². The van der Waals surface area contributed by atoms with Crippen LogP contribution < -0.4 is 0 Å². The summed E-state index contributed by atoms with van der Waals surface area (Å²) >= 11 is 0. The fraction of sp³-hybridized carbons (Fsp3) is 0.350. The van der Waals surface area contributed by atoms with E-state index < -0.39 is 12.0 Å². The van der Waals surface area contributed by atoms with Crippen molar-refractivity contribution in [3.8, 4) is 11.1 Å². The van der Waals surface area contributed by atoms with E-state index in [1.165, 1.54) is 0 Å². The van der Waals surface area contributed by atoms with Crippen molar-refractivity contribution in [1.29, 1.82) is 0 Å². The number of benzene rings is 2. The first-order chi connectivity index (χ1) is 12.0. The highest BCUT2D eigenvalue weighted by Crippen LogP contribution is 2.21. The molecule has 0 amide bonds. The third-order valence-electron chi connectivity index (χ3n) is 4.15. The van der Waals surface area contributed by atoms with E-state index >= 15 is 0 Å². The average Bonchev–Trinajstić information content (AvgIpc) is 2.62. The lowest BCUT2D eigenvalue weighted by molar-refractivity contribution is -0.524. The first kappa shape index (κ1) is 25.0.